The molecule has 0 unspecified atom stereocenters. The lowest BCUT2D eigenvalue weighted by molar-refractivity contribution is -0.135. The number of carbonyl (C=O) groups is 2. The molecule has 1 aromatic carbocycles. The molecule has 27 heavy (non-hydrogen) atoms. The summed E-state index contributed by atoms with van der Waals surface area (Å²) in [6.07, 6.45) is 1.54. The predicted octanol–water partition coefficient (Wildman–Crippen LogP) is 3.44. The van der Waals surface area contributed by atoms with Crippen molar-refractivity contribution in [2.45, 2.75) is 27.7 Å². The monoisotopic (exact) mass is 370 g/mol. The summed E-state index contributed by atoms with van der Waals surface area (Å²) in [6.45, 7) is 8.41. The number of esters is 1. The molecule has 142 valence electrons. The number of aryl methyl sites for hydroxylation is 1. The molecule has 0 aliphatic carbocycles. The number of halogens is 1. The van der Waals surface area contributed by atoms with Crippen molar-refractivity contribution >= 4 is 17.6 Å². The van der Waals surface area contributed by atoms with Gasteiger partial charge in [-0.3, -0.25) is 9.79 Å². The van der Waals surface area contributed by atoms with Crippen molar-refractivity contribution in [2.24, 2.45) is 10.4 Å². The minimum Gasteiger partial charge on any atom is -0.465 e. The number of aliphatic imine (C=N–C) groups is 1. The highest BCUT2D eigenvalue weighted by Gasteiger charge is 2.39. The van der Waals surface area contributed by atoms with Crippen LogP contribution in [0.2, 0.25) is 0 Å². The predicted molar refractivity (Wildman–Crippen MR) is 101 cm³/mol. The van der Waals surface area contributed by atoms with Crippen LogP contribution >= 0.6 is 0 Å². The zero-order valence-corrected chi connectivity index (χ0v) is 16.2. The van der Waals surface area contributed by atoms with Crippen LogP contribution in [-0.4, -0.2) is 42.7 Å². The Hall–Kier alpha value is -2.76. The Morgan fingerprint density at radius 2 is 1.96 bits per heavy atom. The lowest BCUT2D eigenvalue weighted by Gasteiger charge is -2.30. The molecule has 0 atom stereocenters. The maximum atomic E-state index is 13.6. The van der Waals surface area contributed by atoms with E-state index in [4.69, 9.17) is 4.74 Å². The first-order valence-electron chi connectivity index (χ1n) is 8.78. The Morgan fingerprint density at radius 1 is 1.26 bits per heavy atom. The van der Waals surface area contributed by atoms with Gasteiger partial charge in [-0.1, -0.05) is 13.8 Å². The zero-order chi connectivity index (χ0) is 19.9. The van der Waals surface area contributed by atoms with E-state index < -0.39 is 5.97 Å². The second kappa shape index (κ2) is 6.76. The Kier molecular flexibility index (Phi) is 4.76. The van der Waals surface area contributed by atoms with Crippen LogP contribution in [0.4, 0.5) is 4.39 Å². The fourth-order valence-corrected chi connectivity index (χ4v) is 3.61. The quantitative estimate of drug-likeness (QED) is 0.750. The Balaban J connectivity index is 2.10. The summed E-state index contributed by atoms with van der Waals surface area (Å²) in [5.74, 6) is -1.16. The lowest BCUT2D eigenvalue weighted by atomic mass is 9.80. The zero-order valence-electron chi connectivity index (χ0n) is 16.2. The highest BCUT2D eigenvalue weighted by Crippen LogP contribution is 2.39. The van der Waals surface area contributed by atoms with E-state index in [1.807, 2.05) is 20.8 Å². The van der Waals surface area contributed by atoms with Crippen LogP contribution in [0.1, 0.15) is 36.7 Å². The van der Waals surface area contributed by atoms with E-state index in [0.717, 1.165) is 16.9 Å². The number of benzene rings is 1. The fraction of sp³-hybridized carbons (Fsp3) is 0.381. The lowest BCUT2D eigenvalue weighted by Crippen LogP contribution is -2.36. The first kappa shape index (κ1) is 19.0. The molecular formula is C21H23FN2O3. The summed E-state index contributed by atoms with van der Waals surface area (Å²) in [4.78, 5) is 31.6. The van der Waals surface area contributed by atoms with Gasteiger partial charge in [-0.05, 0) is 43.2 Å². The average molecular weight is 370 g/mol. The maximum Gasteiger partial charge on any atom is 0.340 e. The molecule has 0 saturated heterocycles. The number of amides is 1. The summed E-state index contributed by atoms with van der Waals surface area (Å²) in [5.41, 5.74) is 3.26. The van der Waals surface area contributed by atoms with Gasteiger partial charge in [0.2, 0.25) is 0 Å². The van der Waals surface area contributed by atoms with Gasteiger partial charge in [0.25, 0.3) is 5.91 Å². The van der Waals surface area contributed by atoms with Crippen LogP contribution in [0.5, 0.6) is 0 Å². The van der Waals surface area contributed by atoms with E-state index in [1.54, 1.807) is 13.1 Å². The molecule has 2 aliphatic rings. The molecule has 2 aliphatic heterocycles. The van der Waals surface area contributed by atoms with Crippen LogP contribution < -0.4 is 0 Å². The van der Waals surface area contributed by atoms with Gasteiger partial charge >= 0.3 is 5.97 Å². The molecule has 1 amide bonds. The minimum absolute atomic E-state index is 0.289. The van der Waals surface area contributed by atoms with Crippen molar-refractivity contribution in [3.63, 3.8) is 0 Å². The first-order valence-corrected chi connectivity index (χ1v) is 8.78. The topological polar surface area (TPSA) is 59.0 Å². The standard InChI is InChI=1S/C21H23FN2O3/c1-12-8-14(6-7-17(12)22)19(25)24-10-15(20(26)27-5)18-13(2)23-9-16(18)21(3,4)11-24/h6-8,10H,9,11H2,1-5H3. The molecule has 3 rings (SSSR count). The van der Waals surface area contributed by atoms with E-state index >= 15 is 0 Å². The van der Waals surface area contributed by atoms with Gasteiger partial charge in [0, 0.05) is 35.0 Å². The number of nitrogens with zero attached hydrogens (tertiary/aromatic N) is 2. The van der Waals surface area contributed by atoms with E-state index in [9.17, 15) is 14.0 Å². The third-order valence-corrected chi connectivity index (χ3v) is 5.15. The summed E-state index contributed by atoms with van der Waals surface area (Å²) in [5, 5.41) is 0. The number of rotatable bonds is 2. The van der Waals surface area contributed by atoms with E-state index in [0.29, 0.717) is 29.8 Å². The van der Waals surface area contributed by atoms with Gasteiger partial charge in [0.15, 0.2) is 0 Å². The van der Waals surface area contributed by atoms with E-state index in [1.165, 1.54) is 30.2 Å². The van der Waals surface area contributed by atoms with Crippen LogP contribution in [0.25, 0.3) is 0 Å². The molecule has 5 nitrogen and oxygen atoms in total. The van der Waals surface area contributed by atoms with Crippen LogP contribution in [0, 0.1) is 18.2 Å². The van der Waals surface area contributed by atoms with Crippen molar-refractivity contribution in [1.29, 1.82) is 0 Å². The molecule has 0 N–H and O–H groups in total. The summed E-state index contributed by atoms with van der Waals surface area (Å²) in [7, 11) is 1.32. The van der Waals surface area contributed by atoms with Gasteiger partial charge in [-0.15, -0.1) is 0 Å². The van der Waals surface area contributed by atoms with Gasteiger partial charge in [-0.2, -0.15) is 0 Å². The van der Waals surface area contributed by atoms with Gasteiger partial charge in [-0.25, -0.2) is 9.18 Å². The number of hydrogen-bond acceptors (Lipinski definition) is 4. The summed E-state index contributed by atoms with van der Waals surface area (Å²) < 4.78 is 18.5. The van der Waals surface area contributed by atoms with Crippen molar-refractivity contribution in [3.8, 4) is 0 Å². The Labute approximate surface area is 158 Å². The first-order chi connectivity index (χ1) is 12.7. The molecule has 0 saturated carbocycles. The smallest absolute Gasteiger partial charge is 0.340 e. The van der Waals surface area contributed by atoms with Gasteiger partial charge < -0.3 is 9.64 Å². The number of carbonyl (C=O) groups excluding carboxylic acids is 2. The number of ether oxygens (including phenoxy) is 1. The van der Waals surface area contributed by atoms with Crippen LogP contribution in [0.3, 0.4) is 0 Å². The molecular weight excluding hydrogens is 347 g/mol. The van der Waals surface area contributed by atoms with Crippen molar-refractivity contribution in [3.05, 3.63) is 58.1 Å². The third kappa shape index (κ3) is 3.31. The minimum atomic E-state index is -0.510. The maximum absolute atomic E-state index is 13.6. The molecule has 2 heterocycles. The third-order valence-electron chi connectivity index (χ3n) is 5.15. The van der Waals surface area contributed by atoms with Crippen molar-refractivity contribution in [2.75, 3.05) is 20.2 Å². The van der Waals surface area contributed by atoms with Gasteiger partial charge in [0.05, 0.1) is 19.2 Å². The van der Waals surface area contributed by atoms with E-state index in [-0.39, 0.29) is 17.1 Å². The van der Waals surface area contributed by atoms with Crippen molar-refractivity contribution in [1.82, 2.24) is 4.90 Å². The molecule has 0 radical (unpaired) electrons. The van der Waals surface area contributed by atoms with E-state index in [2.05, 4.69) is 4.99 Å². The summed E-state index contributed by atoms with van der Waals surface area (Å²) in [6, 6.07) is 4.27. The van der Waals surface area contributed by atoms with Crippen LogP contribution in [-0.2, 0) is 9.53 Å². The number of methoxy groups -OCH3 is 1. The summed E-state index contributed by atoms with van der Waals surface area (Å²) >= 11 is 0. The fourth-order valence-electron chi connectivity index (χ4n) is 3.61. The largest absolute Gasteiger partial charge is 0.465 e. The van der Waals surface area contributed by atoms with Crippen LogP contribution in [0.15, 0.2) is 46.1 Å². The Bertz CT molecular complexity index is 925. The average Bonchev–Trinajstić information content (AvgIpc) is 2.96. The molecule has 6 heteroatoms. The normalized spacial score (nSPS) is 18.5. The van der Waals surface area contributed by atoms with Crippen molar-refractivity contribution < 1.29 is 18.7 Å². The molecule has 0 aromatic heterocycles. The second-order valence-corrected chi connectivity index (χ2v) is 7.57. The Morgan fingerprint density at radius 3 is 2.59 bits per heavy atom. The second-order valence-electron chi connectivity index (χ2n) is 7.57. The SMILES string of the molecule is COC(=O)C1=CN(C(=O)c2ccc(F)c(C)c2)CC(C)(C)C2=C1C(C)=NC2. The molecule has 0 spiro atoms. The molecule has 1 aromatic rings. The highest BCUT2D eigenvalue weighted by atomic mass is 19.1. The molecule has 0 bridgehead atoms. The highest BCUT2D eigenvalue weighted by molar-refractivity contribution is 6.14. The van der Waals surface area contributed by atoms with Gasteiger partial charge in [0.1, 0.15) is 5.82 Å². The number of hydrogen-bond donors (Lipinski definition) is 0. The molecule has 0 fully saturated rings.